The molecule has 2 aliphatic rings. The highest BCUT2D eigenvalue weighted by molar-refractivity contribution is 8.00. The number of benzene rings is 1. The van der Waals surface area contributed by atoms with Crippen LogP contribution in [0, 0.1) is 11.7 Å². The smallest absolute Gasteiger partial charge is 0.246 e. The Balaban J connectivity index is 1.82. The normalized spacial score (nSPS) is 22.3. The molecule has 0 aromatic heterocycles. The Morgan fingerprint density at radius 3 is 2.87 bits per heavy atom. The van der Waals surface area contributed by atoms with E-state index in [4.69, 9.17) is 11.6 Å². The van der Waals surface area contributed by atoms with Crippen molar-refractivity contribution in [1.82, 2.24) is 9.62 Å². The van der Waals surface area contributed by atoms with Gasteiger partial charge in [0.05, 0.1) is 10.9 Å². The predicted octanol–water partition coefficient (Wildman–Crippen LogP) is 2.07. The van der Waals surface area contributed by atoms with Crippen LogP contribution in [0.2, 0.25) is 5.02 Å². The number of rotatable bonds is 5. The van der Waals surface area contributed by atoms with E-state index in [0.717, 1.165) is 29.3 Å². The summed E-state index contributed by atoms with van der Waals surface area (Å²) >= 11 is 7.27. The van der Waals surface area contributed by atoms with Gasteiger partial charge in [-0.25, -0.2) is 12.8 Å². The fraction of sp³-hybridized carbons (Fsp3) is 0.500. The van der Waals surface area contributed by atoms with E-state index in [0.29, 0.717) is 18.2 Å². The Hall–Kier alpha value is -0.830. The number of carbonyl (C=O) groups is 1. The number of amides is 1. The third kappa shape index (κ3) is 3.65. The molecule has 5 nitrogen and oxygen atoms in total. The summed E-state index contributed by atoms with van der Waals surface area (Å²) in [6, 6.07) is 2.40. The van der Waals surface area contributed by atoms with Crippen LogP contribution in [0.5, 0.6) is 0 Å². The molecule has 23 heavy (non-hydrogen) atoms. The predicted molar refractivity (Wildman–Crippen MR) is 87.3 cm³/mol. The van der Waals surface area contributed by atoms with Crippen molar-refractivity contribution >= 4 is 39.3 Å². The molecule has 0 radical (unpaired) electrons. The third-order valence-electron chi connectivity index (χ3n) is 3.89. The molecule has 1 aliphatic carbocycles. The minimum Gasteiger partial charge on any atom is -0.354 e. The standard InChI is InChI=1S/C14H16ClFN2O3S2/c15-11-4-3-10(16)5-13(11)23(20,21)18-8-22-7-12(18)14(19)17-6-9-1-2-9/h3-5,9,12H,1-2,6-8H2,(H,17,19)/t12-/m0/s1. The van der Waals surface area contributed by atoms with Crippen LogP contribution in [0.1, 0.15) is 12.8 Å². The lowest BCUT2D eigenvalue weighted by Gasteiger charge is -2.23. The van der Waals surface area contributed by atoms with E-state index < -0.39 is 21.9 Å². The van der Waals surface area contributed by atoms with Gasteiger partial charge in [-0.05, 0) is 37.0 Å². The van der Waals surface area contributed by atoms with Crippen molar-refractivity contribution in [1.29, 1.82) is 0 Å². The average Bonchev–Trinajstić information content (AvgIpc) is 3.20. The molecular weight excluding hydrogens is 363 g/mol. The largest absolute Gasteiger partial charge is 0.354 e. The summed E-state index contributed by atoms with van der Waals surface area (Å²) in [7, 11) is -4.03. The van der Waals surface area contributed by atoms with Crippen molar-refractivity contribution in [3.63, 3.8) is 0 Å². The minimum absolute atomic E-state index is 0.0551. The number of hydrogen-bond donors (Lipinski definition) is 1. The van der Waals surface area contributed by atoms with Gasteiger partial charge < -0.3 is 5.32 Å². The number of hydrogen-bond acceptors (Lipinski definition) is 4. The van der Waals surface area contributed by atoms with E-state index in [1.165, 1.54) is 17.8 Å². The van der Waals surface area contributed by atoms with E-state index in [2.05, 4.69) is 5.32 Å². The number of sulfonamides is 1. The maximum absolute atomic E-state index is 13.4. The molecule has 1 atom stereocenters. The van der Waals surface area contributed by atoms with E-state index in [1.807, 2.05) is 0 Å². The second-order valence-corrected chi connectivity index (χ2v) is 8.94. The summed E-state index contributed by atoms with van der Waals surface area (Å²) in [6.07, 6.45) is 2.20. The SMILES string of the molecule is O=C(NCC1CC1)[C@@H]1CSCN1S(=O)(=O)c1cc(F)ccc1Cl. The van der Waals surface area contributed by atoms with Crippen molar-refractivity contribution in [2.45, 2.75) is 23.8 Å². The highest BCUT2D eigenvalue weighted by Crippen LogP contribution is 2.32. The zero-order valence-electron chi connectivity index (χ0n) is 12.2. The average molecular weight is 379 g/mol. The lowest BCUT2D eigenvalue weighted by molar-refractivity contribution is -0.123. The number of nitrogens with one attached hydrogen (secondary N) is 1. The quantitative estimate of drug-likeness (QED) is 0.851. The van der Waals surface area contributed by atoms with E-state index >= 15 is 0 Å². The van der Waals surface area contributed by atoms with Gasteiger partial charge in [0.2, 0.25) is 15.9 Å². The van der Waals surface area contributed by atoms with Gasteiger partial charge in [-0.3, -0.25) is 4.79 Å². The summed E-state index contributed by atoms with van der Waals surface area (Å²) in [5.74, 6) is 0.0441. The summed E-state index contributed by atoms with van der Waals surface area (Å²) in [6.45, 7) is 0.578. The number of carbonyl (C=O) groups excluding carboxylic acids is 1. The molecule has 3 rings (SSSR count). The summed E-state index contributed by atoms with van der Waals surface area (Å²) in [5.41, 5.74) is 0. The fourth-order valence-electron chi connectivity index (χ4n) is 2.36. The topological polar surface area (TPSA) is 66.5 Å². The first-order valence-electron chi connectivity index (χ1n) is 7.22. The van der Waals surface area contributed by atoms with Crippen LogP contribution in [-0.2, 0) is 14.8 Å². The molecule has 1 aliphatic heterocycles. The first kappa shape index (κ1) is 17.0. The van der Waals surface area contributed by atoms with Crippen molar-refractivity contribution in [3.8, 4) is 0 Å². The first-order valence-corrected chi connectivity index (χ1v) is 10.2. The molecule has 126 valence electrons. The number of nitrogens with zero attached hydrogens (tertiary/aromatic N) is 1. The van der Waals surface area contributed by atoms with Gasteiger partial charge in [-0.1, -0.05) is 11.6 Å². The molecular formula is C14H16ClFN2O3S2. The van der Waals surface area contributed by atoms with Crippen molar-refractivity contribution < 1.29 is 17.6 Å². The Morgan fingerprint density at radius 2 is 2.17 bits per heavy atom. The molecule has 1 heterocycles. The van der Waals surface area contributed by atoms with Crippen LogP contribution in [-0.4, -0.2) is 42.8 Å². The molecule has 1 amide bonds. The Labute approximate surface area is 143 Å². The third-order valence-corrected chi connectivity index (χ3v) is 7.40. The Kier molecular flexibility index (Phi) is 4.87. The molecule has 0 spiro atoms. The lowest BCUT2D eigenvalue weighted by atomic mass is 10.3. The maximum Gasteiger partial charge on any atom is 0.246 e. The van der Waals surface area contributed by atoms with Crippen molar-refractivity contribution in [2.75, 3.05) is 18.2 Å². The maximum atomic E-state index is 13.4. The first-order chi connectivity index (χ1) is 10.9. The van der Waals surface area contributed by atoms with Gasteiger partial charge in [0.15, 0.2) is 0 Å². The second-order valence-electron chi connectivity index (χ2n) is 5.67. The highest BCUT2D eigenvalue weighted by atomic mass is 35.5. The van der Waals surface area contributed by atoms with E-state index in [9.17, 15) is 17.6 Å². The van der Waals surface area contributed by atoms with Crippen molar-refractivity contribution in [2.24, 2.45) is 5.92 Å². The molecule has 0 bridgehead atoms. The summed E-state index contributed by atoms with van der Waals surface area (Å²) in [4.78, 5) is 12.0. The molecule has 1 saturated carbocycles. The van der Waals surface area contributed by atoms with Crippen LogP contribution in [0.15, 0.2) is 23.1 Å². The molecule has 2 fully saturated rings. The van der Waals surface area contributed by atoms with Gasteiger partial charge in [0.25, 0.3) is 0 Å². The van der Waals surface area contributed by atoms with Gasteiger partial charge in [0.1, 0.15) is 16.8 Å². The molecule has 1 aromatic rings. The molecule has 1 N–H and O–H groups in total. The van der Waals surface area contributed by atoms with Crippen LogP contribution in [0.25, 0.3) is 0 Å². The fourth-order valence-corrected chi connectivity index (χ4v) is 5.99. The van der Waals surface area contributed by atoms with Crippen LogP contribution < -0.4 is 5.32 Å². The van der Waals surface area contributed by atoms with Crippen LogP contribution >= 0.6 is 23.4 Å². The monoisotopic (exact) mass is 378 g/mol. The highest BCUT2D eigenvalue weighted by Gasteiger charge is 2.41. The van der Waals surface area contributed by atoms with Gasteiger partial charge in [-0.2, -0.15) is 4.31 Å². The van der Waals surface area contributed by atoms with E-state index in [-0.39, 0.29) is 21.7 Å². The molecule has 1 saturated heterocycles. The Morgan fingerprint density at radius 1 is 1.43 bits per heavy atom. The van der Waals surface area contributed by atoms with Gasteiger partial charge >= 0.3 is 0 Å². The van der Waals surface area contributed by atoms with Crippen molar-refractivity contribution in [3.05, 3.63) is 29.0 Å². The Bertz CT molecular complexity index is 725. The lowest BCUT2D eigenvalue weighted by Crippen LogP contribution is -2.47. The minimum atomic E-state index is -4.03. The molecule has 9 heteroatoms. The molecule has 1 aromatic carbocycles. The summed E-state index contributed by atoms with van der Waals surface area (Å²) in [5, 5.41) is 2.75. The summed E-state index contributed by atoms with van der Waals surface area (Å²) < 4.78 is 40.0. The second kappa shape index (κ2) is 6.58. The zero-order chi connectivity index (χ0) is 16.6. The van der Waals surface area contributed by atoms with Gasteiger partial charge in [0, 0.05) is 12.3 Å². The van der Waals surface area contributed by atoms with Gasteiger partial charge in [-0.15, -0.1) is 11.8 Å². The van der Waals surface area contributed by atoms with E-state index in [1.54, 1.807) is 0 Å². The number of halogens is 2. The molecule has 0 unspecified atom stereocenters. The number of thioether (sulfide) groups is 1. The van der Waals surface area contributed by atoms with Crippen LogP contribution in [0.4, 0.5) is 4.39 Å². The van der Waals surface area contributed by atoms with Crippen LogP contribution in [0.3, 0.4) is 0 Å². The zero-order valence-corrected chi connectivity index (χ0v) is 14.6.